The van der Waals surface area contributed by atoms with Gasteiger partial charge in [0.25, 0.3) is 0 Å². The van der Waals surface area contributed by atoms with E-state index in [-0.39, 0.29) is 11.8 Å². The minimum atomic E-state index is -0.0235. The topological polar surface area (TPSA) is 59.2 Å². The third-order valence-corrected chi connectivity index (χ3v) is 3.81. The lowest BCUT2D eigenvalue weighted by atomic mass is 10.1. The molecule has 0 bridgehead atoms. The molecule has 1 unspecified atom stereocenters. The molecule has 0 aliphatic carbocycles. The maximum atomic E-state index is 12.1. The molecule has 0 radical (unpaired) electrons. The van der Waals surface area contributed by atoms with E-state index in [1.54, 1.807) is 4.90 Å². The second kappa shape index (κ2) is 4.66. The molecule has 5 nitrogen and oxygen atoms in total. The zero-order valence-electron chi connectivity index (χ0n) is 10.3. The predicted molar refractivity (Wildman–Crippen MR) is 70.2 cm³/mol. The molecule has 3 rings (SSSR count). The van der Waals surface area contributed by atoms with Crippen molar-refractivity contribution in [3.05, 3.63) is 41.0 Å². The van der Waals surface area contributed by atoms with Gasteiger partial charge < -0.3 is 9.42 Å². The van der Waals surface area contributed by atoms with E-state index in [2.05, 4.69) is 10.1 Å². The lowest BCUT2D eigenvalue weighted by Crippen LogP contribution is -2.25. The monoisotopic (exact) mass is 277 g/mol. The quantitative estimate of drug-likeness (QED) is 0.846. The summed E-state index contributed by atoms with van der Waals surface area (Å²) in [4.78, 5) is 17.9. The third-order valence-electron chi connectivity index (χ3n) is 3.40. The van der Waals surface area contributed by atoms with Gasteiger partial charge in [-0.1, -0.05) is 22.8 Å². The first-order valence-corrected chi connectivity index (χ1v) is 6.36. The Labute approximate surface area is 115 Å². The van der Waals surface area contributed by atoms with Crippen LogP contribution in [-0.2, 0) is 4.79 Å². The molecule has 0 N–H and O–H groups in total. The van der Waals surface area contributed by atoms with Gasteiger partial charge in [0.1, 0.15) is 0 Å². The Morgan fingerprint density at radius 3 is 3.05 bits per heavy atom. The van der Waals surface area contributed by atoms with Crippen LogP contribution in [0.15, 0.2) is 29.1 Å². The Balaban J connectivity index is 1.90. The smallest absolute Gasteiger partial charge is 0.227 e. The SMILES string of the molecule is Cc1c(Cl)cccc1N1CC(c2ncon2)CC1=O. The second-order valence-electron chi connectivity index (χ2n) is 4.58. The molecule has 1 fully saturated rings. The van der Waals surface area contributed by atoms with Crippen LogP contribution in [0, 0.1) is 6.92 Å². The molecule has 0 saturated carbocycles. The number of halogens is 1. The van der Waals surface area contributed by atoms with Crippen molar-refractivity contribution in [1.29, 1.82) is 0 Å². The minimum Gasteiger partial charge on any atom is -0.343 e. The summed E-state index contributed by atoms with van der Waals surface area (Å²) in [6.07, 6.45) is 1.68. The zero-order chi connectivity index (χ0) is 13.4. The first-order valence-electron chi connectivity index (χ1n) is 5.98. The summed E-state index contributed by atoms with van der Waals surface area (Å²) in [5.41, 5.74) is 1.76. The fraction of sp³-hybridized carbons (Fsp3) is 0.308. The van der Waals surface area contributed by atoms with E-state index >= 15 is 0 Å². The van der Waals surface area contributed by atoms with E-state index in [4.69, 9.17) is 16.1 Å². The molecule has 1 aliphatic rings. The van der Waals surface area contributed by atoms with Gasteiger partial charge in [-0.05, 0) is 24.6 Å². The second-order valence-corrected chi connectivity index (χ2v) is 4.99. The summed E-state index contributed by atoms with van der Waals surface area (Å²) < 4.78 is 4.73. The van der Waals surface area contributed by atoms with E-state index in [9.17, 15) is 4.79 Å². The van der Waals surface area contributed by atoms with E-state index in [0.29, 0.717) is 23.8 Å². The zero-order valence-corrected chi connectivity index (χ0v) is 11.1. The number of hydrogen-bond donors (Lipinski definition) is 0. The summed E-state index contributed by atoms with van der Waals surface area (Å²) in [7, 11) is 0. The molecule has 1 aromatic carbocycles. The highest BCUT2D eigenvalue weighted by atomic mass is 35.5. The fourth-order valence-corrected chi connectivity index (χ4v) is 2.53. The number of nitrogens with zero attached hydrogens (tertiary/aromatic N) is 3. The number of amides is 1. The Bertz CT molecular complexity index is 612. The Morgan fingerprint density at radius 1 is 1.47 bits per heavy atom. The summed E-state index contributed by atoms with van der Waals surface area (Å²) in [5.74, 6) is 0.611. The largest absolute Gasteiger partial charge is 0.343 e. The van der Waals surface area contributed by atoms with E-state index in [1.807, 2.05) is 25.1 Å². The third kappa shape index (κ3) is 2.10. The molecule has 0 spiro atoms. The number of rotatable bonds is 2. The van der Waals surface area contributed by atoms with Gasteiger partial charge in [0.05, 0.1) is 0 Å². The van der Waals surface area contributed by atoms with E-state index < -0.39 is 0 Å². The highest BCUT2D eigenvalue weighted by Gasteiger charge is 2.34. The maximum absolute atomic E-state index is 12.1. The van der Waals surface area contributed by atoms with Gasteiger partial charge in [0.2, 0.25) is 12.3 Å². The van der Waals surface area contributed by atoms with Crippen molar-refractivity contribution in [3.8, 4) is 0 Å². The fourth-order valence-electron chi connectivity index (χ4n) is 2.36. The van der Waals surface area contributed by atoms with Gasteiger partial charge in [0, 0.05) is 29.6 Å². The molecule has 6 heteroatoms. The molecule has 1 saturated heterocycles. The van der Waals surface area contributed by atoms with Crippen LogP contribution in [0.2, 0.25) is 5.02 Å². The molecule has 1 amide bonds. The number of aromatic nitrogens is 2. The lowest BCUT2D eigenvalue weighted by molar-refractivity contribution is -0.117. The summed E-state index contributed by atoms with van der Waals surface area (Å²) >= 11 is 6.10. The van der Waals surface area contributed by atoms with Crippen molar-refractivity contribution in [3.63, 3.8) is 0 Å². The minimum absolute atomic E-state index is 0.0235. The number of benzene rings is 1. The molecule has 1 aliphatic heterocycles. The average Bonchev–Trinajstić information content (AvgIpc) is 3.02. The van der Waals surface area contributed by atoms with Crippen LogP contribution in [0.4, 0.5) is 5.69 Å². The van der Waals surface area contributed by atoms with Crippen molar-refractivity contribution in [1.82, 2.24) is 10.1 Å². The van der Waals surface area contributed by atoms with Gasteiger partial charge in [-0.25, -0.2) is 0 Å². The van der Waals surface area contributed by atoms with Crippen LogP contribution in [0.5, 0.6) is 0 Å². The first-order chi connectivity index (χ1) is 9.16. The van der Waals surface area contributed by atoms with Gasteiger partial charge in [0.15, 0.2) is 5.82 Å². The molecule has 2 heterocycles. The van der Waals surface area contributed by atoms with Crippen molar-refractivity contribution in [2.24, 2.45) is 0 Å². The first kappa shape index (κ1) is 12.2. The number of carbonyl (C=O) groups excluding carboxylic acids is 1. The number of anilines is 1. The van der Waals surface area contributed by atoms with Crippen LogP contribution in [0.3, 0.4) is 0 Å². The van der Waals surface area contributed by atoms with Crippen LogP contribution >= 0.6 is 11.6 Å². The van der Waals surface area contributed by atoms with Crippen LogP contribution < -0.4 is 4.90 Å². The van der Waals surface area contributed by atoms with Crippen LogP contribution in [0.25, 0.3) is 0 Å². The number of hydrogen-bond acceptors (Lipinski definition) is 4. The summed E-state index contributed by atoms with van der Waals surface area (Å²) in [6, 6.07) is 5.56. The van der Waals surface area contributed by atoms with E-state index in [0.717, 1.165) is 11.3 Å². The predicted octanol–water partition coefficient (Wildman–Crippen LogP) is 2.55. The highest BCUT2D eigenvalue weighted by Crippen LogP contribution is 2.34. The van der Waals surface area contributed by atoms with Gasteiger partial charge >= 0.3 is 0 Å². The van der Waals surface area contributed by atoms with Crippen molar-refractivity contribution in [2.45, 2.75) is 19.3 Å². The lowest BCUT2D eigenvalue weighted by Gasteiger charge is -2.19. The van der Waals surface area contributed by atoms with Gasteiger partial charge in [-0.3, -0.25) is 4.79 Å². The molecule has 98 valence electrons. The Kier molecular flexibility index (Phi) is 2.98. The Morgan fingerprint density at radius 2 is 2.32 bits per heavy atom. The van der Waals surface area contributed by atoms with Crippen molar-refractivity contribution >= 4 is 23.2 Å². The maximum Gasteiger partial charge on any atom is 0.227 e. The van der Waals surface area contributed by atoms with E-state index in [1.165, 1.54) is 6.39 Å². The van der Waals surface area contributed by atoms with Crippen molar-refractivity contribution < 1.29 is 9.32 Å². The summed E-state index contributed by atoms with van der Waals surface area (Å²) in [6.45, 7) is 2.46. The van der Waals surface area contributed by atoms with Crippen molar-refractivity contribution in [2.75, 3.05) is 11.4 Å². The average molecular weight is 278 g/mol. The normalized spacial score (nSPS) is 19.2. The number of carbonyl (C=O) groups is 1. The van der Waals surface area contributed by atoms with Crippen LogP contribution in [0.1, 0.15) is 23.7 Å². The molecule has 2 aromatic rings. The Hall–Kier alpha value is -1.88. The molecule has 19 heavy (non-hydrogen) atoms. The van der Waals surface area contributed by atoms with Gasteiger partial charge in [-0.2, -0.15) is 4.98 Å². The van der Waals surface area contributed by atoms with Crippen LogP contribution in [-0.4, -0.2) is 22.6 Å². The molecule has 1 aromatic heterocycles. The highest BCUT2D eigenvalue weighted by molar-refractivity contribution is 6.31. The molecule has 1 atom stereocenters. The van der Waals surface area contributed by atoms with Gasteiger partial charge in [-0.15, -0.1) is 0 Å². The standard InChI is InChI=1S/C13H12ClN3O2/c1-8-10(14)3-2-4-11(8)17-6-9(5-12(17)18)13-15-7-19-16-13/h2-4,7,9H,5-6H2,1H3. The molecular weight excluding hydrogens is 266 g/mol. The summed E-state index contributed by atoms with van der Waals surface area (Å²) in [5, 5.41) is 4.47. The molecular formula is C13H12ClN3O2.